The average molecular weight is 460 g/mol. The fraction of sp³-hybridized carbons (Fsp3) is 0.286. The van der Waals surface area contributed by atoms with Crippen molar-refractivity contribution < 1.29 is 9.59 Å². The molecule has 0 aromatic heterocycles. The number of halogens is 1. The molecule has 1 fully saturated rings. The molecule has 0 spiro atoms. The number of anilines is 1. The lowest BCUT2D eigenvalue weighted by atomic mass is 10.1. The lowest BCUT2D eigenvalue weighted by Gasteiger charge is -2.22. The Kier molecular flexibility index (Phi) is 7.17. The summed E-state index contributed by atoms with van der Waals surface area (Å²) in [6, 6.07) is 14.4. The molecule has 2 N–H and O–H groups in total. The van der Waals surface area contributed by atoms with Crippen molar-refractivity contribution in [2.75, 3.05) is 18.4 Å². The molecule has 0 atom stereocenters. The van der Waals surface area contributed by atoms with Gasteiger partial charge in [0.25, 0.3) is 11.8 Å². The Balaban J connectivity index is 1.70. The van der Waals surface area contributed by atoms with Crippen molar-refractivity contribution in [1.82, 2.24) is 10.2 Å². The minimum Gasteiger partial charge on any atom is -0.339 e. The van der Waals surface area contributed by atoms with E-state index in [0.717, 1.165) is 38.8 Å². The Morgan fingerprint density at radius 2 is 1.50 bits per heavy atom. The summed E-state index contributed by atoms with van der Waals surface area (Å²) in [4.78, 5) is 27.3. The lowest BCUT2D eigenvalue weighted by Crippen LogP contribution is -2.36. The van der Waals surface area contributed by atoms with Gasteiger partial charge in [0.15, 0.2) is 5.11 Å². The predicted molar refractivity (Wildman–Crippen MR) is 119 cm³/mol. The Morgan fingerprint density at radius 1 is 0.893 bits per heavy atom. The van der Waals surface area contributed by atoms with Crippen LogP contribution in [0.3, 0.4) is 0 Å². The molecule has 1 heterocycles. The fourth-order valence-electron chi connectivity index (χ4n) is 3.19. The first kappa shape index (κ1) is 20.5. The van der Waals surface area contributed by atoms with Gasteiger partial charge in [-0.2, -0.15) is 0 Å². The summed E-state index contributed by atoms with van der Waals surface area (Å²) in [5.41, 5.74) is 1.64. The molecule has 0 aliphatic carbocycles. The van der Waals surface area contributed by atoms with Gasteiger partial charge in [-0.05, 0) is 65.3 Å². The van der Waals surface area contributed by atoms with Crippen LogP contribution in [0.15, 0.2) is 53.0 Å². The monoisotopic (exact) mass is 459 g/mol. The Labute approximate surface area is 178 Å². The standard InChI is InChI=1S/C21H22BrN3O2S/c22-17-11-5-3-9-15(17)19(26)24-21(28)23-18-12-6-4-10-16(18)20(27)25-13-7-1-2-8-14-25/h3-6,9-12H,1-2,7-8,13-14H2,(H2,23,24,26,28). The van der Waals surface area contributed by atoms with Crippen LogP contribution in [0, 0.1) is 0 Å². The van der Waals surface area contributed by atoms with Crippen molar-refractivity contribution in [1.29, 1.82) is 0 Å². The van der Waals surface area contributed by atoms with Crippen molar-refractivity contribution in [3.8, 4) is 0 Å². The van der Waals surface area contributed by atoms with Gasteiger partial charge in [0, 0.05) is 17.6 Å². The molecule has 0 unspecified atom stereocenters. The molecule has 5 nitrogen and oxygen atoms in total. The molecule has 2 aromatic carbocycles. The van der Waals surface area contributed by atoms with Crippen LogP contribution in [0.2, 0.25) is 0 Å². The highest BCUT2D eigenvalue weighted by molar-refractivity contribution is 9.10. The van der Waals surface area contributed by atoms with Gasteiger partial charge in [0.05, 0.1) is 16.8 Å². The van der Waals surface area contributed by atoms with Crippen LogP contribution in [0.1, 0.15) is 46.4 Å². The molecule has 1 aliphatic heterocycles. The highest BCUT2D eigenvalue weighted by atomic mass is 79.9. The zero-order valence-corrected chi connectivity index (χ0v) is 17.8. The van der Waals surface area contributed by atoms with Crippen LogP contribution in [0.4, 0.5) is 5.69 Å². The average Bonchev–Trinajstić information content (AvgIpc) is 2.97. The fourth-order valence-corrected chi connectivity index (χ4v) is 3.86. The minimum atomic E-state index is -0.318. The summed E-state index contributed by atoms with van der Waals surface area (Å²) in [5, 5.41) is 5.82. The van der Waals surface area contributed by atoms with Crippen LogP contribution in [-0.4, -0.2) is 34.9 Å². The molecular formula is C21H22BrN3O2S. The van der Waals surface area contributed by atoms with Crippen LogP contribution in [0.25, 0.3) is 0 Å². The summed E-state index contributed by atoms with van der Waals surface area (Å²) >= 11 is 8.66. The number of carbonyl (C=O) groups excluding carboxylic acids is 2. The van der Waals surface area contributed by atoms with Gasteiger partial charge >= 0.3 is 0 Å². The van der Waals surface area contributed by atoms with Crippen molar-refractivity contribution in [2.45, 2.75) is 25.7 Å². The summed E-state index contributed by atoms with van der Waals surface area (Å²) in [6.07, 6.45) is 4.38. The highest BCUT2D eigenvalue weighted by Crippen LogP contribution is 2.20. The maximum atomic E-state index is 13.0. The van der Waals surface area contributed by atoms with Gasteiger partial charge in [0.1, 0.15) is 0 Å². The molecule has 1 aliphatic rings. The van der Waals surface area contributed by atoms with Gasteiger partial charge in [-0.15, -0.1) is 0 Å². The van der Waals surface area contributed by atoms with E-state index in [9.17, 15) is 9.59 Å². The Morgan fingerprint density at radius 3 is 2.18 bits per heavy atom. The number of para-hydroxylation sites is 1. The number of amides is 2. The van der Waals surface area contributed by atoms with E-state index in [1.807, 2.05) is 23.1 Å². The number of nitrogens with zero attached hydrogens (tertiary/aromatic N) is 1. The first-order chi connectivity index (χ1) is 13.6. The third-order valence-electron chi connectivity index (χ3n) is 4.64. The largest absolute Gasteiger partial charge is 0.339 e. The Bertz CT molecular complexity index is 879. The van der Waals surface area contributed by atoms with Crippen LogP contribution >= 0.6 is 28.1 Å². The minimum absolute atomic E-state index is 0.00932. The van der Waals surface area contributed by atoms with Gasteiger partial charge in [-0.3, -0.25) is 14.9 Å². The molecule has 2 amide bonds. The van der Waals surface area contributed by atoms with Gasteiger partial charge in [-0.25, -0.2) is 0 Å². The highest BCUT2D eigenvalue weighted by Gasteiger charge is 2.20. The number of likely N-dealkylation sites (tertiary alicyclic amines) is 1. The van der Waals surface area contributed by atoms with Crippen LogP contribution in [0.5, 0.6) is 0 Å². The number of rotatable bonds is 3. The molecule has 0 radical (unpaired) electrons. The number of nitrogens with one attached hydrogen (secondary N) is 2. The van der Waals surface area contributed by atoms with E-state index in [0.29, 0.717) is 21.3 Å². The second kappa shape index (κ2) is 9.80. The molecule has 7 heteroatoms. The Hall–Kier alpha value is -2.25. The molecule has 2 aromatic rings. The number of carbonyl (C=O) groups is 2. The predicted octanol–water partition coefficient (Wildman–Crippen LogP) is 4.59. The van der Waals surface area contributed by atoms with Gasteiger partial charge < -0.3 is 10.2 Å². The SMILES string of the molecule is O=C(NC(=S)Nc1ccccc1C(=O)N1CCCCCC1)c1ccccc1Br. The number of hydrogen-bond acceptors (Lipinski definition) is 3. The molecule has 3 rings (SSSR count). The van der Waals surface area contributed by atoms with E-state index in [1.54, 1.807) is 30.3 Å². The second-order valence-electron chi connectivity index (χ2n) is 6.64. The molecule has 146 valence electrons. The van der Waals surface area contributed by atoms with E-state index < -0.39 is 0 Å². The van der Waals surface area contributed by atoms with E-state index in [2.05, 4.69) is 26.6 Å². The first-order valence-corrected chi connectivity index (χ1v) is 10.5. The van der Waals surface area contributed by atoms with Gasteiger partial charge in [0.2, 0.25) is 0 Å². The molecule has 0 bridgehead atoms. The molecule has 1 saturated heterocycles. The summed E-state index contributed by atoms with van der Waals surface area (Å²) in [6.45, 7) is 1.55. The van der Waals surface area contributed by atoms with Gasteiger partial charge in [-0.1, -0.05) is 37.1 Å². The second-order valence-corrected chi connectivity index (χ2v) is 7.90. The third kappa shape index (κ3) is 5.17. The maximum Gasteiger partial charge on any atom is 0.258 e. The van der Waals surface area contributed by atoms with E-state index in [1.165, 1.54) is 0 Å². The van der Waals surface area contributed by atoms with E-state index in [4.69, 9.17) is 12.2 Å². The van der Waals surface area contributed by atoms with Crippen molar-refractivity contribution in [3.05, 3.63) is 64.1 Å². The molecule has 0 saturated carbocycles. The zero-order valence-electron chi connectivity index (χ0n) is 15.4. The third-order valence-corrected chi connectivity index (χ3v) is 5.54. The number of hydrogen-bond donors (Lipinski definition) is 2. The number of benzene rings is 2. The van der Waals surface area contributed by atoms with Crippen molar-refractivity contribution >= 4 is 50.8 Å². The van der Waals surface area contributed by atoms with Crippen LogP contribution in [-0.2, 0) is 0 Å². The van der Waals surface area contributed by atoms with Crippen molar-refractivity contribution in [2.24, 2.45) is 0 Å². The summed E-state index contributed by atoms with van der Waals surface area (Å²) < 4.78 is 0.687. The smallest absolute Gasteiger partial charge is 0.258 e. The van der Waals surface area contributed by atoms with E-state index >= 15 is 0 Å². The lowest BCUT2D eigenvalue weighted by molar-refractivity contribution is 0.0762. The topological polar surface area (TPSA) is 61.4 Å². The first-order valence-electron chi connectivity index (χ1n) is 9.31. The number of thiocarbonyl (C=S) groups is 1. The van der Waals surface area contributed by atoms with Crippen molar-refractivity contribution in [3.63, 3.8) is 0 Å². The van der Waals surface area contributed by atoms with E-state index in [-0.39, 0.29) is 16.9 Å². The zero-order chi connectivity index (χ0) is 19.9. The summed E-state index contributed by atoms with van der Waals surface area (Å²) in [5.74, 6) is -0.328. The normalized spacial score (nSPS) is 14.1. The van der Waals surface area contributed by atoms with Crippen LogP contribution < -0.4 is 10.6 Å². The quantitative estimate of drug-likeness (QED) is 0.658. The molecule has 28 heavy (non-hydrogen) atoms. The summed E-state index contributed by atoms with van der Waals surface area (Å²) in [7, 11) is 0. The molecular weight excluding hydrogens is 438 g/mol. The maximum absolute atomic E-state index is 13.0.